The number of benzene rings is 3. The maximum atomic E-state index is 12.2. The van der Waals surface area contributed by atoms with Crippen LogP contribution in [-0.4, -0.2) is 23.4 Å². The molecule has 158 valence electrons. The van der Waals surface area contributed by atoms with Crippen molar-refractivity contribution in [2.45, 2.75) is 13.5 Å². The van der Waals surface area contributed by atoms with E-state index in [1.54, 1.807) is 18.2 Å². The average molecular weight is 420 g/mol. The molecular formula is C23H20N2O6. The number of para-hydroxylation sites is 1. The fourth-order valence-electron chi connectivity index (χ4n) is 2.69. The zero-order valence-electron chi connectivity index (χ0n) is 16.7. The van der Waals surface area contributed by atoms with Gasteiger partial charge in [0.15, 0.2) is 6.61 Å². The number of nitro groups is 1. The van der Waals surface area contributed by atoms with Crippen LogP contribution in [0, 0.1) is 17.0 Å². The molecule has 1 N–H and O–H groups in total. The molecule has 8 nitrogen and oxygen atoms in total. The number of nitrogens with one attached hydrogen (secondary N) is 1. The number of non-ortho nitro benzene ring substituents is 1. The van der Waals surface area contributed by atoms with Gasteiger partial charge in [-0.05, 0) is 60.5 Å². The van der Waals surface area contributed by atoms with Gasteiger partial charge in [-0.3, -0.25) is 14.9 Å². The molecule has 0 unspecified atom stereocenters. The maximum Gasteiger partial charge on any atom is 0.338 e. The van der Waals surface area contributed by atoms with Crippen LogP contribution in [0.1, 0.15) is 21.5 Å². The zero-order valence-corrected chi connectivity index (χ0v) is 16.7. The highest BCUT2D eigenvalue weighted by atomic mass is 16.6. The molecule has 3 rings (SSSR count). The molecule has 1 amide bonds. The quantitative estimate of drug-likeness (QED) is 0.331. The van der Waals surface area contributed by atoms with E-state index in [0.29, 0.717) is 22.6 Å². The molecule has 3 aromatic carbocycles. The van der Waals surface area contributed by atoms with Crippen molar-refractivity contribution in [3.8, 4) is 5.75 Å². The Morgan fingerprint density at radius 1 is 0.968 bits per heavy atom. The molecule has 0 bridgehead atoms. The zero-order chi connectivity index (χ0) is 22.2. The van der Waals surface area contributed by atoms with Crippen LogP contribution in [0.15, 0.2) is 72.8 Å². The van der Waals surface area contributed by atoms with Gasteiger partial charge in [0.1, 0.15) is 12.4 Å². The Morgan fingerprint density at radius 2 is 1.65 bits per heavy atom. The van der Waals surface area contributed by atoms with Gasteiger partial charge < -0.3 is 14.8 Å². The minimum absolute atomic E-state index is 0.00838. The molecule has 0 saturated carbocycles. The molecule has 0 aliphatic carbocycles. The van der Waals surface area contributed by atoms with Crippen molar-refractivity contribution in [3.05, 3.63) is 99.6 Å². The van der Waals surface area contributed by atoms with Crippen molar-refractivity contribution >= 4 is 23.3 Å². The second kappa shape index (κ2) is 10.0. The summed E-state index contributed by atoms with van der Waals surface area (Å²) in [5, 5.41) is 13.4. The van der Waals surface area contributed by atoms with Gasteiger partial charge in [0.05, 0.1) is 10.5 Å². The van der Waals surface area contributed by atoms with Crippen LogP contribution in [0.4, 0.5) is 11.4 Å². The highest BCUT2D eigenvalue weighted by molar-refractivity contribution is 5.93. The van der Waals surface area contributed by atoms with Crippen LogP contribution in [0.25, 0.3) is 0 Å². The van der Waals surface area contributed by atoms with E-state index in [2.05, 4.69) is 5.32 Å². The molecule has 0 spiro atoms. The fourth-order valence-corrected chi connectivity index (χ4v) is 2.69. The molecule has 0 aliphatic heterocycles. The minimum atomic E-state index is -0.542. The number of carbonyl (C=O) groups is 2. The molecule has 0 aliphatic rings. The van der Waals surface area contributed by atoms with Crippen LogP contribution >= 0.6 is 0 Å². The summed E-state index contributed by atoms with van der Waals surface area (Å²) >= 11 is 0. The number of hydrogen-bond acceptors (Lipinski definition) is 6. The number of amides is 1. The first-order valence-corrected chi connectivity index (χ1v) is 9.41. The second-order valence-corrected chi connectivity index (χ2v) is 6.68. The third-order valence-corrected chi connectivity index (χ3v) is 4.37. The maximum absolute atomic E-state index is 12.2. The predicted molar refractivity (Wildman–Crippen MR) is 114 cm³/mol. The van der Waals surface area contributed by atoms with E-state index >= 15 is 0 Å². The molecule has 0 aromatic heterocycles. The first-order valence-electron chi connectivity index (χ1n) is 9.41. The summed E-state index contributed by atoms with van der Waals surface area (Å²) < 4.78 is 10.7. The van der Waals surface area contributed by atoms with E-state index in [0.717, 1.165) is 5.56 Å². The number of ether oxygens (including phenoxy) is 2. The lowest BCUT2D eigenvalue weighted by Crippen LogP contribution is -2.20. The SMILES string of the molecule is Cc1ccccc1OCC(=O)Nc1ccc(C(=O)OCc2ccc([N+](=O)[O-])cc2)cc1. The summed E-state index contributed by atoms with van der Waals surface area (Å²) in [5.74, 6) is -0.223. The molecule has 0 saturated heterocycles. The molecule has 0 heterocycles. The Morgan fingerprint density at radius 3 is 2.29 bits per heavy atom. The van der Waals surface area contributed by atoms with Crippen molar-refractivity contribution in [3.63, 3.8) is 0 Å². The van der Waals surface area contributed by atoms with Crippen molar-refractivity contribution < 1.29 is 24.0 Å². The number of esters is 1. The van der Waals surface area contributed by atoms with Crippen molar-refractivity contribution in [1.29, 1.82) is 0 Å². The summed E-state index contributed by atoms with van der Waals surface area (Å²) in [4.78, 5) is 34.4. The van der Waals surface area contributed by atoms with E-state index < -0.39 is 10.9 Å². The second-order valence-electron chi connectivity index (χ2n) is 6.68. The predicted octanol–water partition coefficient (Wildman–Crippen LogP) is 4.28. The number of nitro benzene ring substituents is 1. The molecule has 0 fully saturated rings. The third-order valence-electron chi connectivity index (χ3n) is 4.37. The van der Waals surface area contributed by atoms with Crippen LogP contribution in [0.2, 0.25) is 0 Å². The van der Waals surface area contributed by atoms with Gasteiger partial charge in [0, 0.05) is 17.8 Å². The summed E-state index contributed by atoms with van der Waals surface area (Å²) in [5.41, 5.74) is 2.38. The molecule has 0 atom stereocenters. The number of carbonyl (C=O) groups excluding carboxylic acids is 2. The normalized spacial score (nSPS) is 10.2. The van der Waals surface area contributed by atoms with Gasteiger partial charge in [-0.25, -0.2) is 4.79 Å². The van der Waals surface area contributed by atoms with Crippen molar-refractivity contribution in [2.24, 2.45) is 0 Å². The standard InChI is InChI=1S/C23H20N2O6/c1-16-4-2-3-5-21(16)30-15-22(26)24-19-10-8-18(9-11-19)23(27)31-14-17-6-12-20(13-7-17)25(28)29/h2-13H,14-15H2,1H3,(H,24,26). The smallest absolute Gasteiger partial charge is 0.338 e. The summed E-state index contributed by atoms with van der Waals surface area (Å²) in [6, 6.07) is 19.4. The Labute approximate surface area is 178 Å². The monoisotopic (exact) mass is 420 g/mol. The highest BCUT2D eigenvalue weighted by Gasteiger charge is 2.10. The Bertz CT molecular complexity index is 1080. The van der Waals surface area contributed by atoms with Crippen molar-refractivity contribution in [1.82, 2.24) is 0 Å². The lowest BCUT2D eigenvalue weighted by atomic mass is 10.2. The Hall–Kier alpha value is -4.20. The van der Waals surface area contributed by atoms with Gasteiger partial charge in [-0.1, -0.05) is 18.2 Å². The van der Waals surface area contributed by atoms with E-state index in [4.69, 9.17) is 9.47 Å². The van der Waals surface area contributed by atoms with E-state index in [1.165, 1.54) is 36.4 Å². The van der Waals surface area contributed by atoms with Gasteiger partial charge in [-0.2, -0.15) is 0 Å². The van der Waals surface area contributed by atoms with Crippen LogP contribution in [0.5, 0.6) is 5.75 Å². The van der Waals surface area contributed by atoms with Crippen LogP contribution in [-0.2, 0) is 16.1 Å². The Balaban J connectivity index is 1.48. The number of aryl methyl sites for hydroxylation is 1. The third kappa shape index (κ3) is 6.14. The van der Waals surface area contributed by atoms with Gasteiger partial charge in [-0.15, -0.1) is 0 Å². The lowest BCUT2D eigenvalue weighted by Gasteiger charge is -2.10. The van der Waals surface area contributed by atoms with Crippen LogP contribution in [0.3, 0.4) is 0 Å². The molecular weight excluding hydrogens is 400 g/mol. The fraction of sp³-hybridized carbons (Fsp3) is 0.130. The summed E-state index contributed by atoms with van der Waals surface area (Å²) in [6.45, 7) is 1.75. The van der Waals surface area contributed by atoms with E-state index in [-0.39, 0.29) is 24.8 Å². The number of nitrogens with zero attached hydrogens (tertiary/aromatic N) is 1. The number of hydrogen-bond donors (Lipinski definition) is 1. The number of rotatable bonds is 8. The largest absolute Gasteiger partial charge is 0.483 e. The summed E-state index contributed by atoms with van der Waals surface area (Å²) in [7, 11) is 0. The first kappa shape index (κ1) is 21.5. The van der Waals surface area contributed by atoms with Gasteiger partial charge >= 0.3 is 5.97 Å². The topological polar surface area (TPSA) is 108 Å². The highest BCUT2D eigenvalue weighted by Crippen LogP contribution is 2.17. The molecule has 0 radical (unpaired) electrons. The van der Waals surface area contributed by atoms with Crippen molar-refractivity contribution in [2.75, 3.05) is 11.9 Å². The molecule has 8 heteroatoms. The molecule has 3 aromatic rings. The van der Waals surface area contributed by atoms with Gasteiger partial charge in [0.2, 0.25) is 0 Å². The average Bonchev–Trinajstić information content (AvgIpc) is 2.77. The van der Waals surface area contributed by atoms with Gasteiger partial charge in [0.25, 0.3) is 11.6 Å². The minimum Gasteiger partial charge on any atom is -0.483 e. The Kier molecular flexibility index (Phi) is 6.95. The molecule has 31 heavy (non-hydrogen) atoms. The lowest BCUT2D eigenvalue weighted by molar-refractivity contribution is -0.384. The van der Waals surface area contributed by atoms with E-state index in [9.17, 15) is 19.7 Å². The first-order chi connectivity index (χ1) is 14.9. The summed E-state index contributed by atoms with van der Waals surface area (Å²) in [6.07, 6.45) is 0. The van der Waals surface area contributed by atoms with E-state index in [1.807, 2.05) is 25.1 Å². The number of anilines is 1. The van der Waals surface area contributed by atoms with Crippen LogP contribution < -0.4 is 10.1 Å².